The number of nitrogens with zero attached hydrogens (tertiary/aromatic N) is 2. The van der Waals surface area contributed by atoms with Gasteiger partial charge < -0.3 is 9.80 Å². The molecule has 0 spiro atoms. The molecule has 2 nitrogen and oxygen atoms in total. The van der Waals surface area contributed by atoms with Crippen molar-refractivity contribution >= 4 is 68.0 Å². The van der Waals surface area contributed by atoms with Crippen molar-refractivity contribution in [3.05, 3.63) is 24.3 Å². The van der Waals surface area contributed by atoms with Gasteiger partial charge in [-0.1, -0.05) is 67.0 Å². The van der Waals surface area contributed by atoms with Crippen molar-refractivity contribution in [3.63, 3.8) is 0 Å². The van der Waals surface area contributed by atoms with Crippen LogP contribution in [-0.4, -0.2) is 32.2 Å². The second kappa shape index (κ2) is 5.83. The van der Waals surface area contributed by atoms with Crippen molar-refractivity contribution in [2.45, 2.75) is 25.1 Å². The van der Waals surface area contributed by atoms with Crippen molar-refractivity contribution in [1.29, 1.82) is 0 Å². The van der Waals surface area contributed by atoms with Crippen LogP contribution in [0.1, 0.15) is 13.8 Å². The predicted octanol–water partition coefficient (Wildman–Crippen LogP) is 4.14. The molecule has 0 bridgehead atoms. The maximum Gasteiger partial charge on any atom is 0.141 e. The third-order valence-electron chi connectivity index (χ3n) is 3.76. The molecular formula is C14H16N2S4. The summed E-state index contributed by atoms with van der Waals surface area (Å²) in [6, 6.07) is 8.87. The minimum Gasteiger partial charge on any atom is -0.325 e. The largest absolute Gasteiger partial charge is 0.325 e. The van der Waals surface area contributed by atoms with Gasteiger partial charge in [-0.3, -0.25) is 0 Å². The molecule has 2 saturated heterocycles. The molecule has 1 aromatic carbocycles. The molecule has 0 radical (unpaired) electrons. The number of rotatable bonds is 2. The molecule has 0 aromatic heterocycles. The van der Waals surface area contributed by atoms with E-state index in [4.69, 9.17) is 24.4 Å². The van der Waals surface area contributed by atoms with E-state index >= 15 is 0 Å². The van der Waals surface area contributed by atoms with Crippen LogP contribution >= 0.6 is 48.0 Å². The highest BCUT2D eigenvalue weighted by Crippen LogP contribution is 2.41. The van der Waals surface area contributed by atoms with E-state index in [0.717, 1.165) is 20.9 Å². The molecule has 0 saturated carbocycles. The van der Waals surface area contributed by atoms with Gasteiger partial charge >= 0.3 is 0 Å². The lowest BCUT2D eigenvalue weighted by Gasteiger charge is -2.29. The van der Waals surface area contributed by atoms with E-state index in [2.05, 4.69) is 47.9 Å². The van der Waals surface area contributed by atoms with Crippen LogP contribution in [0.5, 0.6) is 0 Å². The molecule has 6 heteroatoms. The second-order valence-electron chi connectivity index (χ2n) is 4.95. The Morgan fingerprint density at radius 2 is 1.80 bits per heavy atom. The molecule has 2 aliphatic rings. The lowest BCUT2D eigenvalue weighted by molar-refractivity contribution is 0.738. The molecule has 20 heavy (non-hydrogen) atoms. The topological polar surface area (TPSA) is 6.48 Å². The van der Waals surface area contributed by atoms with Gasteiger partial charge in [0.25, 0.3) is 0 Å². The van der Waals surface area contributed by atoms with Crippen LogP contribution in [0.3, 0.4) is 0 Å². The smallest absolute Gasteiger partial charge is 0.141 e. The number of benzene rings is 1. The lowest BCUT2D eigenvalue weighted by atomic mass is 10.1. The number of hydrogen-bond acceptors (Lipinski definition) is 4. The Bertz CT molecular complexity index is 560. The molecule has 3 rings (SSSR count). The summed E-state index contributed by atoms with van der Waals surface area (Å²) in [5.41, 5.74) is 2.37. The fraction of sp³-hybridized carbons (Fsp3) is 0.429. The Labute approximate surface area is 139 Å². The van der Waals surface area contributed by atoms with E-state index in [1.165, 1.54) is 11.4 Å². The molecular weight excluding hydrogens is 324 g/mol. The predicted molar refractivity (Wildman–Crippen MR) is 100 cm³/mol. The first-order valence-electron chi connectivity index (χ1n) is 6.63. The maximum atomic E-state index is 5.57. The lowest BCUT2D eigenvalue weighted by Crippen LogP contribution is -2.35. The first kappa shape index (κ1) is 14.6. The number of anilines is 2. The van der Waals surface area contributed by atoms with Gasteiger partial charge in [-0.2, -0.15) is 0 Å². The maximum absolute atomic E-state index is 5.57. The summed E-state index contributed by atoms with van der Waals surface area (Å²) in [5.74, 6) is 1.07. The Kier molecular flexibility index (Phi) is 4.26. The average Bonchev–Trinajstić information content (AvgIpc) is 2.95. The van der Waals surface area contributed by atoms with E-state index in [1.54, 1.807) is 23.5 Å². The van der Waals surface area contributed by atoms with E-state index in [0.29, 0.717) is 11.3 Å². The van der Waals surface area contributed by atoms with Crippen LogP contribution in [0, 0.1) is 0 Å². The highest BCUT2D eigenvalue weighted by Gasteiger charge is 2.35. The molecule has 2 atom stereocenters. The summed E-state index contributed by atoms with van der Waals surface area (Å²) in [6.45, 7) is 5.46. The van der Waals surface area contributed by atoms with Crippen molar-refractivity contribution in [2.75, 3.05) is 22.1 Å². The fourth-order valence-corrected chi connectivity index (χ4v) is 5.49. The van der Waals surface area contributed by atoms with Crippen LogP contribution < -0.4 is 9.80 Å². The van der Waals surface area contributed by atoms with Crippen LogP contribution in [0.2, 0.25) is 0 Å². The Morgan fingerprint density at radius 1 is 1.10 bits per heavy atom. The SMILES string of the molecule is CC1SC(=S)N(c2ccccc2N2CCSC2=S)C1C. The summed E-state index contributed by atoms with van der Waals surface area (Å²) >= 11 is 14.6. The van der Waals surface area contributed by atoms with Crippen LogP contribution in [-0.2, 0) is 0 Å². The van der Waals surface area contributed by atoms with Crippen molar-refractivity contribution in [2.24, 2.45) is 0 Å². The van der Waals surface area contributed by atoms with E-state index in [1.807, 2.05) is 0 Å². The van der Waals surface area contributed by atoms with Gasteiger partial charge in [0.15, 0.2) is 0 Å². The number of thiocarbonyl (C=S) groups is 2. The first-order chi connectivity index (χ1) is 9.59. The van der Waals surface area contributed by atoms with Gasteiger partial charge in [0, 0.05) is 23.6 Å². The molecule has 2 heterocycles. The summed E-state index contributed by atoms with van der Waals surface area (Å²) in [4.78, 5) is 4.52. The van der Waals surface area contributed by atoms with Gasteiger partial charge in [0.1, 0.15) is 8.64 Å². The number of para-hydroxylation sites is 2. The van der Waals surface area contributed by atoms with Crippen LogP contribution in [0.15, 0.2) is 24.3 Å². The molecule has 1 aromatic rings. The van der Waals surface area contributed by atoms with Crippen molar-refractivity contribution in [3.8, 4) is 0 Å². The highest BCUT2D eigenvalue weighted by molar-refractivity contribution is 8.24. The highest BCUT2D eigenvalue weighted by atomic mass is 32.2. The normalized spacial score (nSPS) is 26.7. The average molecular weight is 341 g/mol. The third kappa shape index (κ3) is 2.47. The van der Waals surface area contributed by atoms with Gasteiger partial charge in [-0.15, -0.1) is 0 Å². The second-order valence-corrected chi connectivity index (χ2v) is 8.69. The standard InChI is InChI=1S/C14H16N2S4/c1-9-10(2)20-14(18)16(9)12-6-4-3-5-11(12)15-7-8-19-13(15)17/h3-6,9-10H,7-8H2,1-2H3. The Morgan fingerprint density at radius 3 is 2.35 bits per heavy atom. The molecule has 0 amide bonds. The monoisotopic (exact) mass is 340 g/mol. The molecule has 0 N–H and O–H groups in total. The Hall–Kier alpha value is -0.300. The molecule has 106 valence electrons. The zero-order chi connectivity index (χ0) is 14.3. The number of hydrogen-bond donors (Lipinski definition) is 0. The summed E-state index contributed by atoms with van der Waals surface area (Å²) in [6.07, 6.45) is 0. The summed E-state index contributed by atoms with van der Waals surface area (Å²) in [5, 5.41) is 0.524. The zero-order valence-electron chi connectivity index (χ0n) is 11.4. The van der Waals surface area contributed by atoms with E-state index in [9.17, 15) is 0 Å². The minimum absolute atomic E-state index is 0.414. The summed E-state index contributed by atoms with van der Waals surface area (Å²) in [7, 11) is 0. The molecule has 2 fully saturated rings. The quantitative estimate of drug-likeness (QED) is 0.741. The molecule has 2 unspecified atom stereocenters. The fourth-order valence-electron chi connectivity index (χ4n) is 2.52. The molecule has 2 aliphatic heterocycles. The molecule has 0 aliphatic carbocycles. The van der Waals surface area contributed by atoms with Gasteiger partial charge in [0.05, 0.1) is 11.4 Å². The van der Waals surface area contributed by atoms with Gasteiger partial charge in [-0.25, -0.2) is 0 Å². The van der Waals surface area contributed by atoms with Crippen LogP contribution in [0.4, 0.5) is 11.4 Å². The summed E-state index contributed by atoms with van der Waals surface area (Å²) < 4.78 is 1.94. The van der Waals surface area contributed by atoms with E-state index < -0.39 is 0 Å². The first-order valence-corrected chi connectivity index (χ1v) is 9.31. The van der Waals surface area contributed by atoms with Gasteiger partial charge in [-0.05, 0) is 19.1 Å². The van der Waals surface area contributed by atoms with Crippen LogP contribution in [0.25, 0.3) is 0 Å². The minimum atomic E-state index is 0.414. The third-order valence-corrected chi connectivity index (χ3v) is 6.84. The number of thioether (sulfide) groups is 2. The van der Waals surface area contributed by atoms with Crippen molar-refractivity contribution < 1.29 is 0 Å². The Balaban J connectivity index is 2.02. The van der Waals surface area contributed by atoms with Crippen molar-refractivity contribution in [1.82, 2.24) is 0 Å². The zero-order valence-corrected chi connectivity index (χ0v) is 14.7. The van der Waals surface area contributed by atoms with Gasteiger partial charge in [0.2, 0.25) is 0 Å². The van der Waals surface area contributed by atoms with E-state index in [-0.39, 0.29) is 0 Å².